The minimum Gasteiger partial charge on any atom is -0.494 e. The number of hydrogen-bond acceptors (Lipinski definition) is 8. The van der Waals surface area contributed by atoms with Crippen molar-refractivity contribution < 1.29 is 23.5 Å². The van der Waals surface area contributed by atoms with Gasteiger partial charge in [-0.15, -0.1) is 0 Å². The first kappa shape index (κ1) is 22.4. The van der Waals surface area contributed by atoms with Crippen LogP contribution < -0.4 is 24.4 Å². The number of carbonyl (C=O) groups excluding carboxylic acids is 1. The molecule has 0 unspecified atom stereocenters. The van der Waals surface area contributed by atoms with Crippen molar-refractivity contribution >= 4 is 17.6 Å². The van der Waals surface area contributed by atoms with E-state index in [-0.39, 0.29) is 11.8 Å². The van der Waals surface area contributed by atoms with Crippen LogP contribution in [0.1, 0.15) is 19.8 Å². The summed E-state index contributed by atoms with van der Waals surface area (Å²) in [6.07, 6.45) is 1.41. The van der Waals surface area contributed by atoms with Crippen molar-refractivity contribution in [1.82, 2.24) is 10.1 Å². The topological polar surface area (TPSA) is 99.0 Å². The molecule has 0 radical (unpaired) electrons. The maximum absolute atomic E-state index is 12.7. The number of rotatable bonds is 8. The Morgan fingerprint density at radius 2 is 1.82 bits per heavy atom. The Bertz CT molecular complexity index is 1070. The third kappa shape index (κ3) is 5.19. The zero-order valence-electron chi connectivity index (χ0n) is 19.0. The number of methoxy groups -OCH3 is 2. The molecule has 1 saturated heterocycles. The van der Waals surface area contributed by atoms with E-state index < -0.39 is 0 Å². The van der Waals surface area contributed by atoms with Gasteiger partial charge in [0.1, 0.15) is 5.75 Å². The SMILES string of the molecule is CCOc1ccc(NC(=O)C2CCN(c3nc(-c4ccc(OC)c(OC)c4)no3)CC2)cc1. The highest BCUT2D eigenvalue weighted by Crippen LogP contribution is 2.32. The van der Waals surface area contributed by atoms with Crippen molar-refractivity contribution in [3.05, 3.63) is 42.5 Å². The molecule has 1 aromatic heterocycles. The smallest absolute Gasteiger partial charge is 0.324 e. The van der Waals surface area contributed by atoms with Gasteiger partial charge in [0, 0.05) is 30.3 Å². The van der Waals surface area contributed by atoms with Crippen molar-refractivity contribution in [2.75, 3.05) is 44.1 Å². The van der Waals surface area contributed by atoms with E-state index >= 15 is 0 Å². The zero-order chi connectivity index (χ0) is 23.2. The van der Waals surface area contributed by atoms with E-state index in [9.17, 15) is 4.79 Å². The summed E-state index contributed by atoms with van der Waals surface area (Å²) < 4.78 is 21.6. The highest BCUT2D eigenvalue weighted by Gasteiger charge is 2.28. The van der Waals surface area contributed by atoms with Crippen LogP contribution in [0.25, 0.3) is 11.4 Å². The van der Waals surface area contributed by atoms with Gasteiger partial charge in [0.2, 0.25) is 11.7 Å². The first-order valence-electron chi connectivity index (χ1n) is 11.0. The Morgan fingerprint density at radius 3 is 2.48 bits per heavy atom. The minimum absolute atomic E-state index is 0.0235. The van der Waals surface area contributed by atoms with Gasteiger partial charge in [-0.2, -0.15) is 4.98 Å². The van der Waals surface area contributed by atoms with Crippen molar-refractivity contribution in [2.24, 2.45) is 5.92 Å². The van der Waals surface area contributed by atoms with Crippen LogP contribution in [-0.2, 0) is 4.79 Å². The average Bonchev–Trinajstić information content (AvgIpc) is 3.35. The molecule has 0 spiro atoms. The predicted octanol–water partition coefficient (Wildman–Crippen LogP) is 4.01. The third-order valence-corrected chi connectivity index (χ3v) is 5.63. The van der Waals surface area contributed by atoms with Crippen molar-refractivity contribution in [1.29, 1.82) is 0 Å². The maximum Gasteiger partial charge on any atom is 0.324 e. The molecule has 0 aliphatic carbocycles. The molecule has 9 heteroatoms. The van der Waals surface area contributed by atoms with Gasteiger partial charge in [-0.1, -0.05) is 5.16 Å². The van der Waals surface area contributed by atoms with Gasteiger partial charge in [0.05, 0.1) is 20.8 Å². The summed E-state index contributed by atoms with van der Waals surface area (Å²) in [6.45, 7) is 3.87. The number of carbonyl (C=O) groups is 1. The normalized spacial score (nSPS) is 14.1. The average molecular weight is 453 g/mol. The largest absolute Gasteiger partial charge is 0.494 e. The summed E-state index contributed by atoms with van der Waals surface area (Å²) in [5.74, 6) is 2.45. The van der Waals surface area contributed by atoms with Gasteiger partial charge in [-0.3, -0.25) is 4.79 Å². The maximum atomic E-state index is 12.7. The van der Waals surface area contributed by atoms with E-state index in [1.54, 1.807) is 20.3 Å². The Morgan fingerprint density at radius 1 is 1.09 bits per heavy atom. The fourth-order valence-electron chi connectivity index (χ4n) is 3.81. The van der Waals surface area contributed by atoms with Crippen LogP contribution in [0.4, 0.5) is 11.7 Å². The van der Waals surface area contributed by atoms with E-state index in [4.69, 9.17) is 18.7 Å². The van der Waals surface area contributed by atoms with E-state index in [0.717, 1.165) is 17.0 Å². The second-order valence-electron chi connectivity index (χ2n) is 7.68. The summed E-state index contributed by atoms with van der Waals surface area (Å²) in [4.78, 5) is 19.2. The highest BCUT2D eigenvalue weighted by molar-refractivity contribution is 5.92. The monoisotopic (exact) mass is 452 g/mol. The van der Waals surface area contributed by atoms with Gasteiger partial charge < -0.3 is 29.0 Å². The van der Waals surface area contributed by atoms with Gasteiger partial charge in [0.15, 0.2) is 11.5 Å². The standard InChI is InChI=1S/C24H28N4O5/c1-4-32-19-8-6-18(7-9-19)25-23(29)16-11-13-28(14-12-16)24-26-22(27-33-24)17-5-10-20(30-2)21(15-17)31-3/h5-10,15-16H,4,11-14H2,1-3H3,(H,25,29). The molecule has 3 aromatic rings. The molecule has 1 aliphatic rings. The molecule has 174 valence electrons. The van der Waals surface area contributed by atoms with Crippen LogP contribution in [0.2, 0.25) is 0 Å². The van der Waals surface area contributed by atoms with Crippen molar-refractivity contribution in [3.63, 3.8) is 0 Å². The van der Waals surface area contributed by atoms with Gasteiger partial charge in [0.25, 0.3) is 0 Å². The number of nitrogens with zero attached hydrogens (tertiary/aromatic N) is 3. The Hall–Kier alpha value is -3.75. The van der Waals surface area contributed by atoms with Crippen LogP contribution in [-0.4, -0.2) is 50.0 Å². The number of ether oxygens (including phenoxy) is 3. The molecule has 2 aromatic carbocycles. The van der Waals surface area contributed by atoms with E-state index in [2.05, 4.69) is 15.5 Å². The molecule has 0 atom stereocenters. The zero-order valence-corrected chi connectivity index (χ0v) is 19.0. The first-order valence-corrected chi connectivity index (χ1v) is 11.0. The summed E-state index contributed by atoms with van der Waals surface area (Å²) in [5, 5.41) is 7.10. The van der Waals surface area contributed by atoms with Crippen LogP contribution in [0.5, 0.6) is 17.2 Å². The Kier molecular flexibility index (Phi) is 6.97. The Balaban J connectivity index is 1.34. The van der Waals surface area contributed by atoms with Gasteiger partial charge in [-0.05, 0) is 62.2 Å². The quantitative estimate of drug-likeness (QED) is 0.547. The second kappa shape index (κ2) is 10.2. The molecule has 1 fully saturated rings. The van der Waals surface area contributed by atoms with Crippen molar-refractivity contribution in [3.8, 4) is 28.6 Å². The number of piperidine rings is 1. The molecule has 1 amide bonds. The lowest BCUT2D eigenvalue weighted by Crippen LogP contribution is -2.38. The number of hydrogen-bond donors (Lipinski definition) is 1. The summed E-state index contributed by atoms with van der Waals surface area (Å²) in [7, 11) is 3.17. The number of benzene rings is 2. The van der Waals surface area contributed by atoms with Gasteiger partial charge >= 0.3 is 6.01 Å². The molecule has 2 heterocycles. The lowest BCUT2D eigenvalue weighted by molar-refractivity contribution is -0.120. The molecule has 1 aliphatic heterocycles. The molecular formula is C24H28N4O5. The van der Waals surface area contributed by atoms with E-state index in [0.29, 0.717) is 55.9 Å². The highest BCUT2D eigenvalue weighted by atomic mass is 16.5. The molecule has 0 saturated carbocycles. The number of anilines is 2. The Labute approximate surface area is 192 Å². The minimum atomic E-state index is -0.0685. The van der Waals surface area contributed by atoms with Crippen LogP contribution in [0.15, 0.2) is 47.0 Å². The molecule has 33 heavy (non-hydrogen) atoms. The molecule has 4 rings (SSSR count). The molecule has 9 nitrogen and oxygen atoms in total. The molecular weight excluding hydrogens is 424 g/mol. The summed E-state index contributed by atoms with van der Waals surface area (Å²) in [6, 6.07) is 13.3. The first-order chi connectivity index (χ1) is 16.1. The lowest BCUT2D eigenvalue weighted by atomic mass is 9.96. The number of nitrogens with one attached hydrogen (secondary N) is 1. The second-order valence-corrected chi connectivity index (χ2v) is 7.68. The lowest BCUT2D eigenvalue weighted by Gasteiger charge is -2.29. The van der Waals surface area contributed by atoms with Crippen LogP contribution in [0.3, 0.4) is 0 Å². The fourth-order valence-corrected chi connectivity index (χ4v) is 3.81. The van der Waals surface area contributed by atoms with E-state index in [1.807, 2.05) is 48.2 Å². The van der Waals surface area contributed by atoms with E-state index in [1.165, 1.54) is 0 Å². The predicted molar refractivity (Wildman–Crippen MR) is 124 cm³/mol. The molecule has 1 N–H and O–H groups in total. The fraction of sp³-hybridized carbons (Fsp3) is 0.375. The van der Waals surface area contributed by atoms with Crippen LogP contribution >= 0.6 is 0 Å². The molecule has 0 bridgehead atoms. The van der Waals surface area contributed by atoms with Crippen molar-refractivity contribution in [2.45, 2.75) is 19.8 Å². The number of amides is 1. The van der Waals surface area contributed by atoms with Gasteiger partial charge in [-0.25, -0.2) is 0 Å². The van der Waals surface area contributed by atoms with Crippen LogP contribution in [0, 0.1) is 5.92 Å². The summed E-state index contributed by atoms with van der Waals surface area (Å²) in [5.41, 5.74) is 1.54. The third-order valence-electron chi connectivity index (χ3n) is 5.63. The summed E-state index contributed by atoms with van der Waals surface area (Å²) >= 11 is 0. The number of aromatic nitrogens is 2.